The lowest BCUT2D eigenvalue weighted by Crippen LogP contribution is -1.90. The van der Waals surface area contributed by atoms with Crippen LogP contribution >= 0.6 is 0 Å². The first-order valence-electron chi connectivity index (χ1n) is 6.70. The summed E-state index contributed by atoms with van der Waals surface area (Å²) in [5.41, 5.74) is 11.2. The second-order valence-corrected chi connectivity index (χ2v) is 4.49. The fourth-order valence-electron chi connectivity index (χ4n) is 1.96. The van der Waals surface area contributed by atoms with Gasteiger partial charge in [-0.15, -0.1) is 0 Å². The van der Waals surface area contributed by atoms with Crippen molar-refractivity contribution in [1.29, 1.82) is 0 Å². The second-order valence-electron chi connectivity index (χ2n) is 4.49. The van der Waals surface area contributed by atoms with Crippen LogP contribution in [0.25, 0.3) is 16.5 Å². The van der Waals surface area contributed by atoms with Crippen molar-refractivity contribution >= 4 is 18.0 Å². The predicted octanol–water partition coefficient (Wildman–Crippen LogP) is 5.47. The Bertz CT molecular complexity index is 683. The van der Waals surface area contributed by atoms with E-state index in [0.29, 0.717) is 5.69 Å². The molecule has 0 heterocycles. The molecule has 0 unspecified atom stereocenters. The van der Waals surface area contributed by atoms with Gasteiger partial charge in [-0.2, -0.15) is 0 Å². The first-order chi connectivity index (χ1) is 10.3. The highest BCUT2D eigenvalue weighted by atomic mass is 15.1. The molecule has 2 rings (SSSR count). The van der Waals surface area contributed by atoms with Gasteiger partial charge < -0.3 is 0 Å². The number of allylic oxidation sites excluding steroid dienone is 1. The Kier molecular flexibility index (Phi) is 5.33. The van der Waals surface area contributed by atoms with Crippen LogP contribution in [0, 0.1) is 0 Å². The van der Waals surface area contributed by atoms with Crippen molar-refractivity contribution in [1.82, 2.24) is 0 Å². The maximum atomic E-state index is 8.57. The molecule has 0 bridgehead atoms. The molecular formula is C17H16N4. The van der Waals surface area contributed by atoms with Crippen LogP contribution in [0.5, 0.6) is 0 Å². The van der Waals surface area contributed by atoms with E-state index >= 15 is 0 Å². The van der Waals surface area contributed by atoms with E-state index in [0.717, 1.165) is 11.1 Å². The smallest absolute Gasteiger partial charge is 0.0725 e. The summed E-state index contributed by atoms with van der Waals surface area (Å²) in [5, 5.41) is 3.69. The molecule has 21 heavy (non-hydrogen) atoms. The molecule has 0 radical (unpaired) electrons. The Balaban J connectivity index is 2.08. The maximum Gasteiger partial charge on any atom is 0.0725 e. The summed E-state index contributed by atoms with van der Waals surface area (Å²) in [6.07, 6.45) is 5.67. The maximum absolute atomic E-state index is 8.57. The van der Waals surface area contributed by atoms with Crippen LogP contribution in [0.3, 0.4) is 0 Å². The summed E-state index contributed by atoms with van der Waals surface area (Å²) in [4.78, 5) is 7.30. The highest BCUT2D eigenvalue weighted by molar-refractivity contribution is 5.78. The molecule has 0 aliphatic heterocycles. The Morgan fingerprint density at radius 3 is 2.52 bits per heavy atom. The Labute approximate surface area is 124 Å². The van der Waals surface area contributed by atoms with Gasteiger partial charge in [0.15, 0.2) is 0 Å². The van der Waals surface area contributed by atoms with E-state index in [9.17, 15) is 0 Å². The highest BCUT2D eigenvalue weighted by Gasteiger charge is 2.06. The van der Waals surface area contributed by atoms with Crippen LogP contribution in [0.4, 0.5) is 5.69 Å². The van der Waals surface area contributed by atoms with Gasteiger partial charge in [-0.25, -0.2) is 0 Å². The largest absolute Gasteiger partial charge is 0.285 e. The fourth-order valence-corrected chi connectivity index (χ4v) is 1.96. The molecule has 0 fully saturated rings. The number of rotatable bonds is 5. The predicted molar refractivity (Wildman–Crippen MR) is 87.6 cm³/mol. The van der Waals surface area contributed by atoms with Crippen molar-refractivity contribution < 1.29 is 0 Å². The molecule has 0 saturated heterocycles. The summed E-state index contributed by atoms with van der Waals surface area (Å²) >= 11 is 0. The number of hydrogen-bond acceptors (Lipinski definition) is 2. The van der Waals surface area contributed by atoms with Crippen molar-refractivity contribution in [2.24, 2.45) is 10.1 Å². The molecule has 4 heteroatoms. The lowest BCUT2D eigenvalue weighted by molar-refractivity contribution is 0.826. The van der Waals surface area contributed by atoms with Gasteiger partial charge in [0.1, 0.15) is 0 Å². The summed E-state index contributed by atoms with van der Waals surface area (Å²) in [6.45, 7) is 1.97. The average molecular weight is 276 g/mol. The average Bonchev–Trinajstić information content (AvgIpc) is 2.53. The molecular weight excluding hydrogens is 260 g/mol. The molecule has 0 amide bonds. The first-order valence-corrected chi connectivity index (χ1v) is 6.70. The quantitative estimate of drug-likeness (QED) is 0.301. The van der Waals surface area contributed by atoms with E-state index < -0.39 is 0 Å². The number of benzene rings is 2. The van der Waals surface area contributed by atoms with Crippen LogP contribution in [0.15, 0.2) is 70.8 Å². The lowest BCUT2D eigenvalue weighted by Gasteiger charge is -2.08. The minimum absolute atomic E-state index is 0.0628. The van der Waals surface area contributed by atoms with Gasteiger partial charge in [-0.05, 0) is 29.7 Å². The standard InChI is InChI=1S/C17H16N4/c1-14(16-11-5-6-12-17(16)20-21-18)19-13-7-10-15-8-3-2-4-9-15/h2-14H,1H3/b10-7+,19-13?/t14-/m0/s1. The van der Waals surface area contributed by atoms with E-state index in [1.165, 1.54) is 0 Å². The Hall–Kier alpha value is -2.84. The first kappa shape index (κ1) is 14.6. The van der Waals surface area contributed by atoms with Gasteiger partial charge in [-0.3, -0.25) is 4.99 Å². The summed E-state index contributed by atoms with van der Waals surface area (Å²) < 4.78 is 0. The summed E-state index contributed by atoms with van der Waals surface area (Å²) in [5.74, 6) is 0. The summed E-state index contributed by atoms with van der Waals surface area (Å²) in [7, 11) is 0. The van der Waals surface area contributed by atoms with Gasteiger partial charge in [0.2, 0.25) is 0 Å². The van der Waals surface area contributed by atoms with Crippen LogP contribution in [0.1, 0.15) is 24.1 Å². The van der Waals surface area contributed by atoms with Crippen molar-refractivity contribution in [3.05, 3.63) is 82.2 Å². The highest BCUT2D eigenvalue weighted by Crippen LogP contribution is 2.27. The summed E-state index contributed by atoms with van der Waals surface area (Å²) in [6, 6.07) is 17.5. The molecule has 0 saturated carbocycles. The van der Waals surface area contributed by atoms with E-state index in [1.807, 2.05) is 67.6 Å². The van der Waals surface area contributed by atoms with Crippen molar-refractivity contribution in [2.45, 2.75) is 13.0 Å². The number of aliphatic imine (C=N–C) groups is 1. The molecule has 104 valence electrons. The molecule has 0 aromatic heterocycles. The fraction of sp³-hybridized carbons (Fsp3) is 0.118. The number of nitrogens with zero attached hydrogens (tertiary/aromatic N) is 4. The molecule has 1 atom stereocenters. The third kappa shape index (κ3) is 4.34. The molecule has 0 N–H and O–H groups in total. The van der Waals surface area contributed by atoms with Crippen LogP contribution in [-0.4, -0.2) is 6.21 Å². The number of hydrogen-bond donors (Lipinski definition) is 0. The topological polar surface area (TPSA) is 61.1 Å². The van der Waals surface area contributed by atoms with Gasteiger partial charge in [-0.1, -0.05) is 65.8 Å². The third-order valence-electron chi connectivity index (χ3n) is 3.02. The molecule has 2 aromatic rings. The second kappa shape index (κ2) is 7.68. The van der Waals surface area contributed by atoms with Gasteiger partial charge in [0.25, 0.3) is 0 Å². The molecule has 0 aliphatic rings. The monoisotopic (exact) mass is 276 g/mol. The molecule has 0 spiro atoms. The van der Waals surface area contributed by atoms with Crippen molar-refractivity contribution in [2.75, 3.05) is 0 Å². The zero-order valence-corrected chi connectivity index (χ0v) is 11.8. The van der Waals surface area contributed by atoms with Crippen LogP contribution in [-0.2, 0) is 0 Å². The third-order valence-corrected chi connectivity index (χ3v) is 3.02. The van der Waals surface area contributed by atoms with E-state index in [1.54, 1.807) is 12.3 Å². The van der Waals surface area contributed by atoms with E-state index in [2.05, 4.69) is 15.0 Å². The number of azide groups is 1. The van der Waals surface area contributed by atoms with Crippen LogP contribution in [0.2, 0.25) is 0 Å². The van der Waals surface area contributed by atoms with Gasteiger partial charge in [0, 0.05) is 16.8 Å². The SMILES string of the molecule is C[C@H](N=C/C=C/c1ccccc1)c1ccccc1N=[N+]=[N-]. The zero-order valence-electron chi connectivity index (χ0n) is 11.8. The van der Waals surface area contributed by atoms with E-state index in [4.69, 9.17) is 5.53 Å². The molecule has 0 aliphatic carbocycles. The minimum atomic E-state index is -0.0628. The van der Waals surface area contributed by atoms with Crippen molar-refractivity contribution in [3.8, 4) is 0 Å². The van der Waals surface area contributed by atoms with E-state index in [-0.39, 0.29) is 6.04 Å². The minimum Gasteiger partial charge on any atom is -0.285 e. The molecule has 2 aromatic carbocycles. The van der Waals surface area contributed by atoms with Crippen LogP contribution < -0.4 is 0 Å². The van der Waals surface area contributed by atoms with Gasteiger partial charge >= 0.3 is 0 Å². The zero-order chi connectivity index (χ0) is 14.9. The normalized spacial score (nSPS) is 12.4. The Morgan fingerprint density at radius 2 is 1.76 bits per heavy atom. The van der Waals surface area contributed by atoms with Gasteiger partial charge in [0.05, 0.1) is 6.04 Å². The lowest BCUT2D eigenvalue weighted by atomic mass is 10.1. The van der Waals surface area contributed by atoms with Crippen molar-refractivity contribution in [3.63, 3.8) is 0 Å². The Morgan fingerprint density at radius 1 is 1.05 bits per heavy atom. The molecule has 4 nitrogen and oxygen atoms in total.